The average molecular weight is 276 g/mol. The lowest BCUT2D eigenvalue weighted by Crippen LogP contribution is -2.53. The van der Waals surface area contributed by atoms with Crippen molar-refractivity contribution in [3.63, 3.8) is 0 Å². The van der Waals surface area contributed by atoms with E-state index in [0.717, 1.165) is 12.8 Å². The molecule has 0 bridgehead atoms. The molecule has 1 rings (SSSR count). The quantitative estimate of drug-likeness (QED) is 0.826. The Hall–Kier alpha value is -1.07. The minimum Gasteiger partial charge on any atom is -0.361 e. The molecule has 5 nitrogen and oxygen atoms in total. The van der Waals surface area contributed by atoms with Gasteiger partial charge in [-0.05, 0) is 19.8 Å². The molecule has 6 heteroatoms. The molecule has 0 saturated carbocycles. The minimum absolute atomic E-state index is 0. The van der Waals surface area contributed by atoms with Gasteiger partial charge >= 0.3 is 0 Å². The predicted octanol–water partition coefficient (Wildman–Crippen LogP) is 1.58. The second kappa shape index (κ2) is 7.38. The molecule has 104 valence electrons. The summed E-state index contributed by atoms with van der Waals surface area (Å²) in [7, 11) is 0. The van der Waals surface area contributed by atoms with E-state index in [2.05, 4.69) is 10.5 Å². The molecule has 18 heavy (non-hydrogen) atoms. The number of nitrogens with zero attached hydrogens (tertiary/aromatic N) is 1. The molecule has 0 aliphatic heterocycles. The van der Waals surface area contributed by atoms with Crippen LogP contribution in [0.4, 0.5) is 0 Å². The number of carbonyl (C=O) groups is 1. The van der Waals surface area contributed by atoms with Crippen LogP contribution in [0.5, 0.6) is 0 Å². The fourth-order valence-electron chi connectivity index (χ4n) is 1.77. The third-order valence-corrected chi connectivity index (χ3v) is 3.17. The molecule has 0 spiro atoms. The van der Waals surface area contributed by atoms with Gasteiger partial charge in [-0.3, -0.25) is 4.79 Å². The van der Waals surface area contributed by atoms with Crippen molar-refractivity contribution in [1.29, 1.82) is 0 Å². The van der Waals surface area contributed by atoms with Crippen LogP contribution in [0.25, 0.3) is 0 Å². The van der Waals surface area contributed by atoms with Crippen LogP contribution in [0.1, 0.15) is 38.1 Å². The van der Waals surface area contributed by atoms with Gasteiger partial charge in [-0.1, -0.05) is 19.0 Å². The van der Waals surface area contributed by atoms with E-state index >= 15 is 0 Å². The topological polar surface area (TPSA) is 81.1 Å². The van der Waals surface area contributed by atoms with E-state index < -0.39 is 0 Å². The molecule has 1 heterocycles. The van der Waals surface area contributed by atoms with E-state index in [1.165, 1.54) is 0 Å². The highest BCUT2D eigenvalue weighted by Crippen LogP contribution is 2.13. The van der Waals surface area contributed by atoms with Crippen molar-refractivity contribution in [3.8, 4) is 0 Å². The van der Waals surface area contributed by atoms with Gasteiger partial charge < -0.3 is 15.6 Å². The maximum Gasteiger partial charge on any atom is 0.226 e. The van der Waals surface area contributed by atoms with Gasteiger partial charge in [0.05, 0.1) is 17.7 Å². The SMILES string of the molecule is CCC(CC)(CN)NC(=O)Cc1cc(C)on1.Cl. The molecule has 1 aromatic rings. The summed E-state index contributed by atoms with van der Waals surface area (Å²) in [4.78, 5) is 11.9. The molecular weight excluding hydrogens is 254 g/mol. The van der Waals surface area contributed by atoms with Crippen LogP contribution in [0, 0.1) is 6.92 Å². The number of rotatable bonds is 6. The fraction of sp³-hybridized carbons (Fsp3) is 0.667. The first kappa shape index (κ1) is 16.9. The lowest BCUT2D eigenvalue weighted by molar-refractivity contribution is -0.122. The van der Waals surface area contributed by atoms with Crippen molar-refractivity contribution in [1.82, 2.24) is 10.5 Å². The molecule has 0 saturated heterocycles. The van der Waals surface area contributed by atoms with Gasteiger partial charge in [0.15, 0.2) is 0 Å². The second-order valence-electron chi connectivity index (χ2n) is 4.35. The largest absolute Gasteiger partial charge is 0.361 e. The molecule has 0 fully saturated rings. The van der Waals surface area contributed by atoms with Crippen LogP contribution >= 0.6 is 12.4 Å². The Morgan fingerprint density at radius 1 is 1.50 bits per heavy atom. The van der Waals surface area contributed by atoms with E-state index in [1.54, 1.807) is 13.0 Å². The number of amides is 1. The molecule has 0 unspecified atom stereocenters. The van der Waals surface area contributed by atoms with Crippen LogP contribution < -0.4 is 11.1 Å². The maximum absolute atomic E-state index is 11.9. The number of aromatic nitrogens is 1. The number of carbonyl (C=O) groups excluding carboxylic acids is 1. The van der Waals surface area contributed by atoms with E-state index in [0.29, 0.717) is 18.0 Å². The summed E-state index contributed by atoms with van der Waals surface area (Å²) in [5.74, 6) is 0.649. The molecule has 0 aromatic carbocycles. The van der Waals surface area contributed by atoms with Crippen LogP contribution in [-0.4, -0.2) is 23.1 Å². The van der Waals surface area contributed by atoms with Crippen molar-refractivity contribution in [2.75, 3.05) is 6.54 Å². The average Bonchev–Trinajstić information content (AvgIpc) is 2.72. The van der Waals surface area contributed by atoms with Crippen LogP contribution in [0.3, 0.4) is 0 Å². The van der Waals surface area contributed by atoms with Crippen molar-refractivity contribution in [2.24, 2.45) is 5.73 Å². The highest BCUT2D eigenvalue weighted by atomic mass is 35.5. The zero-order chi connectivity index (χ0) is 12.9. The van der Waals surface area contributed by atoms with E-state index in [-0.39, 0.29) is 30.3 Å². The van der Waals surface area contributed by atoms with Crippen molar-refractivity contribution < 1.29 is 9.32 Å². The normalized spacial score (nSPS) is 10.9. The minimum atomic E-state index is -0.296. The van der Waals surface area contributed by atoms with Crippen LogP contribution in [0.2, 0.25) is 0 Å². The summed E-state index contributed by atoms with van der Waals surface area (Å²) in [6.07, 6.45) is 1.88. The van der Waals surface area contributed by atoms with Gasteiger partial charge in [0.25, 0.3) is 0 Å². The lowest BCUT2D eigenvalue weighted by Gasteiger charge is -2.31. The first-order chi connectivity index (χ1) is 8.05. The Morgan fingerprint density at radius 3 is 2.50 bits per heavy atom. The van der Waals surface area contributed by atoms with Crippen LogP contribution in [0.15, 0.2) is 10.6 Å². The summed E-state index contributed by atoms with van der Waals surface area (Å²) < 4.78 is 4.92. The molecule has 0 atom stereocenters. The summed E-state index contributed by atoms with van der Waals surface area (Å²) in [5, 5.41) is 6.79. The third-order valence-electron chi connectivity index (χ3n) is 3.17. The molecule has 1 aromatic heterocycles. The predicted molar refractivity (Wildman–Crippen MR) is 72.7 cm³/mol. The van der Waals surface area contributed by atoms with Crippen molar-refractivity contribution >= 4 is 18.3 Å². The van der Waals surface area contributed by atoms with Gasteiger partial charge in [0, 0.05) is 12.6 Å². The Kier molecular flexibility index (Phi) is 6.94. The number of nitrogens with two attached hydrogens (primary N) is 1. The number of aryl methyl sites for hydroxylation is 1. The van der Waals surface area contributed by atoms with E-state index in [9.17, 15) is 4.79 Å². The number of nitrogens with one attached hydrogen (secondary N) is 1. The Morgan fingerprint density at radius 2 is 2.11 bits per heavy atom. The highest BCUT2D eigenvalue weighted by molar-refractivity contribution is 5.85. The summed E-state index contributed by atoms with van der Waals surface area (Å²) in [5.41, 5.74) is 6.08. The fourth-order valence-corrected chi connectivity index (χ4v) is 1.77. The zero-order valence-electron chi connectivity index (χ0n) is 11.2. The number of hydrogen-bond donors (Lipinski definition) is 2. The van der Waals surface area contributed by atoms with Gasteiger partial charge in [0.2, 0.25) is 5.91 Å². The first-order valence-corrected chi connectivity index (χ1v) is 5.98. The second-order valence-corrected chi connectivity index (χ2v) is 4.35. The highest BCUT2D eigenvalue weighted by Gasteiger charge is 2.26. The smallest absolute Gasteiger partial charge is 0.226 e. The first-order valence-electron chi connectivity index (χ1n) is 5.98. The third kappa shape index (κ3) is 4.31. The van der Waals surface area contributed by atoms with E-state index in [4.69, 9.17) is 10.3 Å². The molecule has 0 aliphatic rings. The Labute approximate surface area is 114 Å². The zero-order valence-corrected chi connectivity index (χ0v) is 12.0. The summed E-state index contributed by atoms with van der Waals surface area (Å²) in [6, 6.07) is 1.77. The number of hydrogen-bond acceptors (Lipinski definition) is 4. The maximum atomic E-state index is 11.9. The monoisotopic (exact) mass is 275 g/mol. The van der Waals surface area contributed by atoms with Gasteiger partial charge in [-0.2, -0.15) is 0 Å². The van der Waals surface area contributed by atoms with Gasteiger partial charge in [-0.15, -0.1) is 12.4 Å². The molecule has 0 radical (unpaired) electrons. The van der Waals surface area contributed by atoms with Gasteiger partial charge in [0.1, 0.15) is 5.76 Å². The summed E-state index contributed by atoms with van der Waals surface area (Å²) in [6.45, 7) is 6.30. The molecule has 1 amide bonds. The summed E-state index contributed by atoms with van der Waals surface area (Å²) >= 11 is 0. The standard InChI is InChI=1S/C12H21N3O2.ClH/c1-4-12(5-2,8-13)14-11(16)7-10-6-9(3)17-15-10;/h6H,4-5,7-8,13H2,1-3H3,(H,14,16);1H. The van der Waals surface area contributed by atoms with Gasteiger partial charge in [-0.25, -0.2) is 0 Å². The Bertz CT molecular complexity index is 367. The molecular formula is C12H22ClN3O2. The van der Waals surface area contributed by atoms with Crippen LogP contribution in [-0.2, 0) is 11.2 Å². The number of halogens is 1. The van der Waals surface area contributed by atoms with Crippen molar-refractivity contribution in [2.45, 2.75) is 45.6 Å². The van der Waals surface area contributed by atoms with E-state index in [1.807, 2.05) is 13.8 Å². The molecule has 3 N–H and O–H groups in total. The lowest BCUT2D eigenvalue weighted by atomic mass is 9.92. The van der Waals surface area contributed by atoms with Crippen molar-refractivity contribution in [3.05, 3.63) is 17.5 Å². The molecule has 0 aliphatic carbocycles. The Balaban J connectivity index is 0.00000289.